The quantitative estimate of drug-likeness (QED) is 0.602. The van der Waals surface area contributed by atoms with Crippen LogP contribution in [0.5, 0.6) is 0 Å². The van der Waals surface area contributed by atoms with Crippen molar-refractivity contribution in [2.75, 3.05) is 27.9 Å². The van der Waals surface area contributed by atoms with E-state index in [0.29, 0.717) is 0 Å². The summed E-state index contributed by atoms with van der Waals surface area (Å²) in [5.41, 5.74) is 0. The van der Waals surface area contributed by atoms with Gasteiger partial charge in [-0.25, -0.2) is 0 Å². The van der Waals surface area contributed by atoms with E-state index in [1.54, 1.807) is 0 Å². The topological polar surface area (TPSA) is 89.5 Å². The molecule has 1 saturated heterocycles. The van der Waals surface area contributed by atoms with Gasteiger partial charge in [0.15, 0.2) is 12.4 Å². The van der Waals surface area contributed by atoms with E-state index in [9.17, 15) is 9.59 Å². The van der Waals surface area contributed by atoms with Gasteiger partial charge in [-0.15, -0.1) is 0 Å². The molecule has 8 nitrogen and oxygen atoms in total. The molecule has 0 saturated carbocycles. The van der Waals surface area contributed by atoms with Crippen LogP contribution >= 0.6 is 0 Å². The zero-order valence-electron chi connectivity index (χ0n) is 13.7. The Bertz CT molecular complexity index is 390. The van der Waals surface area contributed by atoms with Crippen LogP contribution in [0.3, 0.4) is 0 Å². The highest BCUT2D eigenvalue weighted by Crippen LogP contribution is 2.30. The molecule has 122 valence electrons. The normalized spacial score (nSPS) is 32.1. The molecule has 1 fully saturated rings. The Morgan fingerprint density at radius 2 is 1.81 bits per heavy atom. The van der Waals surface area contributed by atoms with E-state index < -0.39 is 49.2 Å². The van der Waals surface area contributed by atoms with E-state index in [1.165, 1.54) is 35.2 Å². The molecule has 8 heteroatoms. The Morgan fingerprint density at radius 3 is 2.24 bits per heavy atom. The Morgan fingerprint density at radius 1 is 1.14 bits per heavy atom. The zero-order valence-corrected chi connectivity index (χ0v) is 12.7. The maximum Gasteiger partial charge on any atom is 0.303 e. The van der Waals surface area contributed by atoms with Gasteiger partial charge in [0.1, 0.15) is 24.9 Å². The van der Waals surface area contributed by atoms with Crippen LogP contribution in [-0.4, -0.2) is 70.6 Å². The van der Waals surface area contributed by atoms with Crippen molar-refractivity contribution in [3.05, 3.63) is 0 Å². The Kier molecular flexibility index (Phi) is 6.37. The summed E-state index contributed by atoms with van der Waals surface area (Å²) in [4.78, 5) is 22.2. The molecule has 1 aliphatic rings. The lowest BCUT2D eigenvalue weighted by atomic mass is 10.1. The monoisotopic (exact) mass is 307 g/mol. The molecule has 1 aliphatic heterocycles. The number of hydrogen-bond donors (Lipinski definition) is 0. The van der Waals surface area contributed by atoms with Crippen LogP contribution in [-0.2, 0) is 38.0 Å². The number of esters is 2. The number of ether oxygens (including phenoxy) is 6. The SMILES string of the molecule is [2H]C(OC(C)=O)C(OC)C1OC(OC)C(OC(C)=O)C1OC. The second-order valence-corrected chi connectivity index (χ2v) is 4.42. The highest BCUT2D eigenvalue weighted by molar-refractivity contribution is 5.66. The fraction of sp³-hybridized carbons (Fsp3) is 0.846. The van der Waals surface area contributed by atoms with Crippen molar-refractivity contribution in [1.29, 1.82) is 0 Å². The molecule has 1 heterocycles. The summed E-state index contributed by atoms with van der Waals surface area (Å²) in [5, 5.41) is 0. The van der Waals surface area contributed by atoms with Crippen LogP contribution in [0.2, 0.25) is 0 Å². The second-order valence-electron chi connectivity index (χ2n) is 4.42. The highest BCUT2D eigenvalue weighted by Gasteiger charge is 2.51. The number of carbonyl (C=O) groups is 2. The van der Waals surface area contributed by atoms with E-state index in [2.05, 4.69) is 0 Å². The lowest BCUT2D eigenvalue weighted by Gasteiger charge is -2.26. The van der Waals surface area contributed by atoms with Crippen LogP contribution in [0.1, 0.15) is 15.2 Å². The van der Waals surface area contributed by atoms with Gasteiger partial charge >= 0.3 is 11.9 Å². The average molecular weight is 307 g/mol. The summed E-state index contributed by atoms with van der Waals surface area (Å²) in [5.74, 6) is -1.14. The van der Waals surface area contributed by atoms with Crippen LogP contribution in [0.4, 0.5) is 0 Å². The predicted octanol–water partition coefficient (Wildman–Crippen LogP) is -0.117. The van der Waals surface area contributed by atoms with Crippen molar-refractivity contribution >= 4 is 11.9 Å². The first-order chi connectivity index (χ1) is 10.3. The van der Waals surface area contributed by atoms with Gasteiger partial charge in [0, 0.05) is 35.2 Å². The molecular formula is C13H22O8. The van der Waals surface area contributed by atoms with Gasteiger partial charge in [0.25, 0.3) is 0 Å². The highest BCUT2D eigenvalue weighted by atomic mass is 16.7. The first kappa shape index (κ1) is 16.2. The van der Waals surface area contributed by atoms with Gasteiger partial charge in [-0.3, -0.25) is 9.59 Å². The fourth-order valence-corrected chi connectivity index (χ4v) is 2.12. The second kappa shape index (κ2) is 8.28. The number of rotatable bonds is 7. The minimum atomic E-state index is -1.32. The summed E-state index contributed by atoms with van der Waals surface area (Å²) < 4.78 is 39.1. The molecule has 0 aromatic rings. The third-order valence-corrected chi connectivity index (χ3v) is 2.98. The Labute approximate surface area is 125 Å². The minimum absolute atomic E-state index is 0.519. The third kappa shape index (κ3) is 4.63. The van der Waals surface area contributed by atoms with E-state index in [0.717, 1.165) is 0 Å². The van der Waals surface area contributed by atoms with E-state index >= 15 is 0 Å². The largest absolute Gasteiger partial charge is 0.463 e. The first-order valence-electron chi connectivity index (χ1n) is 6.94. The molecule has 0 radical (unpaired) electrons. The molecule has 1 rings (SSSR count). The molecule has 6 atom stereocenters. The maximum absolute atomic E-state index is 11.2. The van der Waals surface area contributed by atoms with Crippen molar-refractivity contribution in [1.82, 2.24) is 0 Å². The molecule has 0 bridgehead atoms. The summed E-state index contributed by atoms with van der Waals surface area (Å²) in [6, 6.07) is 0. The first-order valence-corrected chi connectivity index (χ1v) is 6.36. The van der Waals surface area contributed by atoms with E-state index in [4.69, 9.17) is 29.8 Å². The predicted molar refractivity (Wildman–Crippen MR) is 69.5 cm³/mol. The molecular weight excluding hydrogens is 284 g/mol. The summed E-state index contributed by atoms with van der Waals surface area (Å²) in [6.45, 7) is 1.13. The zero-order chi connectivity index (χ0) is 16.9. The minimum Gasteiger partial charge on any atom is -0.463 e. The summed E-state index contributed by atoms with van der Waals surface area (Å²) in [6.07, 6.45) is -4.18. The lowest BCUT2D eigenvalue weighted by Crippen LogP contribution is -2.44. The van der Waals surface area contributed by atoms with Gasteiger partial charge in [-0.1, -0.05) is 0 Å². The molecule has 0 aromatic heterocycles. The van der Waals surface area contributed by atoms with E-state index in [-0.39, 0.29) is 0 Å². The summed E-state index contributed by atoms with van der Waals surface area (Å²) >= 11 is 0. The van der Waals surface area contributed by atoms with Gasteiger partial charge in [0.05, 0.1) is 1.37 Å². The van der Waals surface area contributed by atoms with Crippen molar-refractivity contribution in [3.8, 4) is 0 Å². The number of methoxy groups -OCH3 is 3. The Balaban J connectivity index is 2.95. The maximum atomic E-state index is 11.2. The van der Waals surface area contributed by atoms with Gasteiger partial charge in [-0.2, -0.15) is 0 Å². The van der Waals surface area contributed by atoms with Gasteiger partial charge in [-0.05, 0) is 0 Å². The van der Waals surface area contributed by atoms with Gasteiger partial charge < -0.3 is 28.4 Å². The standard InChI is InChI=1S/C13H22O8/c1-7(14)19-6-9(16-3)10-11(17-4)12(20-8(2)15)13(18-5)21-10/h9-13H,6H2,1-5H3/i6D. The smallest absolute Gasteiger partial charge is 0.303 e. The molecule has 0 spiro atoms. The van der Waals surface area contributed by atoms with Crippen LogP contribution in [0, 0.1) is 0 Å². The van der Waals surface area contributed by atoms with Crippen molar-refractivity contribution < 1.29 is 39.4 Å². The van der Waals surface area contributed by atoms with Crippen LogP contribution in [0.15, 0.2) is 0 Å². The fourth-order valence-electron chi connectivity index (χ4n) is 2.12. The van der Waals surface area contributed by atoms with Crippen LogP contribution in [0.25, 0.3) is 0 Å². The molecule has 21 heavy (non-hydrogen) atoms. The van der Waals surface area contributed by atoms with Crippen LogP contribution < -0.4 is 0 Å². The lowest BCUT2D eigenvalue weighted by molar-refractivity contribution is -0.186. The molecule has 0 amide bonds. The Hall–Kier alpha value is -1.22. The number of carbonyl (C=O) groups excluding carboxylic acids is 2. The third-order valence-electron chi connectivity index (χ3n) is 2.98. The average Bonchev–Trinajstić information content (AvgIpc) is 2.75. The van der Waals surface area contributed by atoms with E-state index in [1.807, 2.05) is 0 Å². The molecule has 0 aliphatic carbocycles. The van der Waals surface area contributed by atoms with Gasteiger partial charge in [0.2, 0.25) is 0 Å². The molecule has 6 unspecified atom stereocenters. The van der Waals surface area contributed by atoms with Crippen molar-refractivity contribution in [3.63, 3.8) is 0 Å². The molecule has 0 aromatic carbocycles. The molecule has 0 N–H and O–H groups in total. The van der Waals surface area contributed by atoms with Crippen molar-refractivity contribution in [2.45, 2.75) is 44.6 Å². The van der Waals surface area contributed by atoms with Crippen molar-refractivity contribution in [2.24, 2.45) is 0 Å². The number of hydrogen-bond acceptors (Lipinski definition) is 8. The summed E-state index contributed by atoms with van der Waals surface area (Å²) in [7, 11) is 4.15.